The van der Waals surface area contributed by atoms with Gasteiger partial charge in [0.15, 0.2) is 0 Å². The maximum atomic E-state index is 3.61. The van der Waals surface area contributed by atoms with Crippen molar-refractivity contribution in [3.05, 3.63) is 0 Å². The minimum Gasteiger partial charge on any atom is -0.314 e. The maximum absolute atomic E-state index is 3.61. The predicted octanol–water partition coefficient (Wildman–Crippen LogP) is 2.42. The van der Waals surface area contributed by atoms with Crippen LogP contribution in [-0.2, 0) is 0 Å². The lowest BCUT2D eigenvalue weighted by Gasteiger charge is -2.15. The van der Waals surface area contributed by atoms with E-state index in [1.165, 1.54) is 25.8 Å². The van der Waals surface area contributed by atoms with Crippen LogP contribution in [-0.4, -0.2) is 12.6 Å². The molecule has 0 spiro atoms. The van der Waals surface area contributed by atoms with Gasteiger partial charge in [0.2, 0.25) is 0 Å². The summed E-state index contributed by atoms with van der Waals surface area (Å²) in [5.41, 5.74) is 0. The summed E-state index contributed by atoms with van der Waals surface area (Å²) in [5, 5.41) is 3.61. The van der Waals surface area contributed by atoms with Crippen LogP contribution in [0.2, 0.25) is 0 Å². The van der Waals surface area contributed by atoms with E-state index in [1.54, 1.807) is 0 Å². The van der Waals surface area contributed by atoms with Crippen LogP contribution in [0.3, 0.4) is 0 Å². The summed E-state index contributed by atoms with van der Waals surface area (Å²) in [5.74, 6) is 1.98. The van der Waals surface area contributed by atoms with Crippen LogP contribution >= 0.6 is 0 Å². The molecule has 66 valence electrons. The predicted molar refractivity (Wildman–Crippen MR) is 49.6 cm³/mol. The minimum absolute atomic E-state index is 0.810. The molecule has 0 heterocycles. The highest BCUT2D eigenvalue weighted by Crippen LogP contribution is 2.41. The highest BCUT2D eigenvalue weighted by atomic mass is 14.9. The number of nitrogens with one attached hydrogen (secondary N) is 1. The Balaban J connectivity index is 2.15. The van der Waals surface area contributed by atoms with Crippen molar-refractivity contribution < 1.29 is 0 Å². The first kappa shape index (κ1) is 9.05. The summed E-state index contributed by atoms with van der Waals surface area (Å²) in [7, 11) is 0. The molecule has 0 radical (unpaired) electrons. The van der Waals surface area contributed by atoms with Gasteiger partial charge in [0.05, 0.1) is 0 Å². The van der Waals surface area contributed by atoms with Crippen molar-refractivity contribution in [2.75, 3.05) is 6.54 Å². The molecule has 0 aromatic carbocycles. The zero-order valence-corrected chi connectivity index (χ0v) is 8.06. The zero-order valence-electron chi connectivity index (χ0n) is 8.06. The van der Waals surface area contributed by atoms with E-state index in [-0.39, 0.29) is 0 Å². The molecule has 0 aliphatic heterocycles. The molecule has 1 saturated carbocycles. The van der Waals surface area contributed by atoms with Gasteiger partial charge in [0, 0.05) is 6.04 Å². The molecular weight excluding hydrogens is 134 g/mol. The van der Waals surface area contributed by atoms with E-state index in [0.29, 0.717) is 0 Å². The summed E-state index contributed by atoms with van der Waals surface area (Å²) >= 11 is 0. The van der Waals surface area contributed by atoms with E-state index in [0.717, 1.165) is 17.9 Å². The molecule has 0 aromatic heterocycles. The van der Waals surface area contributed by atoms with Crippen molar-refractivity contribution in [1.82, 2.24) is 5.32 Å². The van der Waals surface area contributed by atoms with Gasteiger partial charge in [-0.2, -0.15) is 0 Å². The second kappa shape index (κ2) is 4.10. The molecule has 1 aliphatic carbocycles. The van der Waals surface area contributed by atoms with Gasteiger partial charge in [-0.25, -0.2) is 0 Å². The molecule has 0 aromatic rings. The molecule has 1 nitrogen and oxygen atoms in total. The Hall–Kier alpha value is -0.0400. The molecule has 0 saturated heterocycles. The Morgan fingerprint density at radius 3 is 2.45 bits per heavy atom. The Kier molecular flexibility index (Phi) is 3.38. The molecule has 3 atom stereocenters. The summed E-state index contributed by atoms with van der Waals surface area (Å²) < 4.78 is 0. The van der Waals surface area contributed by atoms with Crippen LogP contribution < -0.4 is 5.32 Å². The van der Waals surface area contributed by atoms with Crippen molar-refractivity contribution in [1.29, 1.82) is 0 Å². The third-order valence-electron chi connectivity index (χ3n) is 2.78. The summed E-state index contributed by atoms with van der Waals surface area (Å²) in [6.07, 6.45) is 4.02. The molecule has 1 N–H and O–H groups in total. The topological polar surface area (TPSA) is 12.0 Å². The molecule has 3 unspecified atom stereocenters. The highest BCUT2D eigenvalue weighted by molar-refractivity contribution is 4.91. The second-order valence-electron chi connectivity index (χ2n) is 3.85. The van der Waals surface area contributed by atoms with E-state index >= 15 is 0 Å². The van der Waals surface area contributed by atoms with Gasteiger partial charge in [-0.05, 0) is 37.6 Å². The van der Waals surface area contributed by atoms with Crippen molar-refractivity contribution in [3.8, 4) is 0 Å². The fourth-order valence-corrected chi connectivity index (χ4v) is 1.84. The Morgan fingerprint density at radius 2 is 2.09 bits per heavy atom. The molecule has 1 heteroatoms. The van der Waals surface area contributed by atoms with Crippen LogP contribution in [0.15, 0.2) is 0 Å². The number of hydrogen-bond acceptors (Lipinski definition) is 1. The van der Waals surface area contributed by atoms with E-state index in [9.17, 15) is 0 Å². The van der Waals surface area contributed by atoms with Crippen LogP contribution in [0, 0.1) is 11.8 Å². The van der Waals surface area contributed by atoms with Crippen molar-refractivity contribution in [3.63, 3.8) is 0 Å². The molecule has 1 aliphatic rings. The Morgan fingerprint density at radius 1 is 1.45 bits per heavy atom. The lowest BCUT2D eigenvalue weighted by molar-refractivity contribution is 0.435. The average Bonchev–Trinajstić information content (AvgIpc) is 2.69. The van der Waals surface area contributed by atoms with Crippen molar-refractivity contribution in [2.24, 2.45) is 11.8 Å². The third-order valence-corrected chi connectivity index (χ3v) is 2.78. The fraction of sp³-hybridized carbons (Fsp3) is 1.00. The number of hydrogen-bond donors (Lipinski definition) is 1. The third kappa shape index (κ3) is 2.48. The van der Waals surface area contributed by atoms with Gasteiger partial charge in [-0.3, -0.25) is 0 Å². The Bertz CT molecular complexity index is 111. The SMILES string of the molecule is CCCNC(CC)C1CC1C. The smallest absolute Gasteiger partial charge is 0.00953 e. The molecule has 1 fully saturated rings. The second-order valence-corrected chi connectivity index (χ2v) is 3.85. The van der Waals surface area contributed by atoms with Gasteiger partial charge in [-0.15, -0.1) is 0 Å². The zero-order chi connectivity index (χ0) is 8.27. The number of rotatable bonds is 5. The molecule has 1 rings (SSSR count). The molecule has 0 bridgehead atoms. The Labute approximate surface area is 70.6 Å². The quantitative estimate of drug-likeness (QED) is 0.643. The highest BCUT2D eigenvalue weighted by Gasteiger charge is 2.37. The van der Waals surface area contributed by atoms with E-state index < -0.39 is 0 Å². The minimum atomic E-state index is 0.810. The van der Waals surface area contributed by atoms with E-state index in [1.807, 2.05) is 0 Å². The van der Waals surface area contributed by atoms with Crippen molar-refractivity contribution in [2.45, 2.75) is 46.1 Å². The van der Waals surface area contributed by atoms with Gasteiger partial charge in [0.1, 0.15) is 0 Å². The largest absolute Gasteiger partial charge is 0.314 e. The van der Waals surface area contributed by atoms with E-state index in [4.69, 9.17) is 0 Å². The molecule has 0 amide bonds. The molecule has 11 heavy (non-hydrogen) atoms. The van der Waals surface area contributed by atoms with Gasteiger partial charge < -0.3 is 5.32 Å². The first-order valence-corrected chi connectivity index (χ1v) is 5.03. The first-order valence-electron chi connectivity index (χ1n) is 5.03. The van der Waals surface area contributed by atoms with Gasteiger partial charge in [0.25, 0.3) is 0 Å². The summed E-state index contributed by atoms with van der Waals surface area (Å²) in [6.45, 7) is 8.08. The first-order chi connectivity index (χ1) is 5.29. The van der Waals surface area contributed by atoms with Crippen LogP contribution in [0.4, 0.5) is 0 Å². The standard InChI is InChI=1S/C10H21N/c1-4-6-11-10(5-2)9-7-8(9)3/h8-11H,4-7H2,1-3H3. The fourth-order valence-electron chi connectivity index (χ4n) is 1.84. The monoisotopic (exact) mass is 155 g/mol. The molecular formula is C10H21N. The summed E-state index contributed by atoms with van der Waals surface area (Å²) in [6, 6.07) is 0.810. The van der Waals surface area contributed by atoms with Crippen LogP contribution in [0.25, 0.3) is 0 Å². The van der Waals surface area contributed by atoms with Crippen LogP contribution in [0.5, 0.6) is 0 Å². The van der Waals surface area contributed by atoms with Gasteiger partial charge >= 0.3 is 0 Å². The lowest BCUT2D eigenvalue weighted by Crippen LogP contribution is -2.31. The van der Waals surface area contributed by atoms with Crippen molar-refractivity contribution >= 4 is 0 Å². The lowest BCUT2D eigenvalue weighted by atomic mass is 10.1. The summed E-state index contributed by atoms with van der Waals surface area (Å²) in [4.78, 5) is 0. The van der Waals surface area contributed by atoms with Crippen LogP contribution in [0.1, 0.15) is 40.0 Å². The van der Waals surface area contributed by atoms with Gasteiger partial charge in [-0.1, -0.05) is 20.8 Å². The average molecular weight is 155 g/mol. The van der Waals surface area contributed by atoms with E-state index in [2.05, 4.69) is 26.1 Å². The maximum Gasteiger partial charge on any atom is 0.00953 e. The normalized spacial score (nSPS) is 31.9.